The molecule has 3 aromatic rings. The van der Waals surface area contributed by atoms with Gasteiger partial charge in [0.15, 0.2) is 21.3 Å². The molecule has 3 aromatic carbocycles. The van der Waals surface area contributed by atoms with Gasteiger partial charge in [-0.3, -0.25) is 4.79 Å². The molecule has 0 bridgehead atoms. The molecule has 0 aliphatic carbocycles. The predicted molar refractivity (Wildman–Crippen MR) is 123 cm³/mol. The minimum atomic E-state index is -3.25. The highest BCUT2D eigenvalue weighted by molar-refractivity contribution is 7.90. The van der Waals surface area contributed by atoms with Crippen LogP contribution in [0.25, 0.3) is 11.1 Å². The normalized spacial score (nSPS) is 16.6. The SMILES string of the molecule is CS(=O)(=O)c1ccc(-c2cccc3c2O[C@H](CNC(=O)c2ccc4c(c2)OCCO4)C3)cc1. The summed E-state index contributed by atoms with van der Waals surface area (Å²) >= 11 is 0. The largest absolute Gasteiger partial charge is 0.487 e. The summed E-state index contributed by atoms with van der Waals surface area (Å²) in [5.74, 6) is 1.78. The Kier molecular flexibility index (Phi) is 5.46. The Morgan fingerprint density at radius 1 is 1.00 bits per heavy atom. The number of para-hydroxylation sites is 1. The Balaban J connectivity index is 1.27. The third kappa shape index (κ3) is 4.39. The summed E-state index contributed by atoms with van der Waals surface area (Å²) in [5, 5.41) is 2.94. The van der Waals surface area contributed by atoms with Crippen molar-refractivity contribution in [2.75, 3.05) is 26.0 Å². The van der Waals surface area contributed by atoms with E-state index in [9.17, 15) is 13.2 Å². The van der Waals surface area contributed by atoms with Crippen molar-refractivity contribution in [1.29, 1.82) is 0 Å². The van der Waals surface area contributed by atoms with Crippen LogP contribution in [0, 0.1) is 0 Å². The van der Waals surface area contributed by atoms with E-state index in [4.69, 9.17) is 14.2 Å². The maximum absolute atomic E-state index is 12.6. The summed E-state index contributed by atoms with van der Waals surface area (Å²) in [7, 11) is -3.25. The van der Waals surface area contributed by atoms with Gasteiger partial charge in [0.05, 0.1) is 11.4 Å². The van der Waals surface area contributed by atoms with E-state index in [1.165, 1.54) is 6.26 Å². The second-order valence-corrected chi connectivity index (χ2v) is 10.1. The van der Waals surface area contributed by atoms with Gasteiger partial charge >= 0.3 is 0 Å². The van der Waals surface area contributed by atoms with Crippen LogP contribution in [-0.2, 0) is 16.3 Å². The van der Waals surface area contributed by atoms with Gasteiger partial charge in [-0.05, 0) is 41.5 Å². The van der Waals surface area contributed by atoms with Crippen LogP contribution in [-0.4, -0.2) is 46.4 Å². The topological polar surface area (TPSA) is 90.9 Å². The summed E-state index contributed by atoms with van der Waals surface area (Å²) in [5.41, 5.74) is 3.33. The Bertz CT molecular complexity index is 1320. The zero-order valence-electron chi connectivity index (χ0n) is 18.0. The molecule has 1 atom stereocenters. The Hall–Kier alpha value is -3.52. The second kappa shape index (κ2) is 8.44. The first-order chi connectivity index (χ1) is 15.9. The molecule has 33 heavy (non-hydrogen) atoms. The molecule has 170 valence electrons. The summed E-state index contributed by atoms with van der Waals surface area (Å²) in [4.78, 5) is 12.9. The van der Waals surface area contributed by atoms with Crippen LogP contribution in [0.4, 0.5) is 0 Å². The quantitative estimate of drug-likeness (QED) is 0.622. The van der Waals surface area contributed by atoms with E-state index in [1.54, 1.807) is 42.5 Å². The lowest BCUT2D eigenvalue weighted by Crippen LogP contribution is -2.34. The lowest BCUT2D eigenvalue weighted by Gasteiger charge is -2.19. The lowest BCUT2D eigenvalue weighted by atomic mass is 10.0. The molecule has 1 N–H and O–H groups in total. The molecule has 1 amide bonds. The molecule has 2 aliphatic rings. The van der Waals surface area contributed by atoms with Crippen LogP contribution in [0.15, 0.2) is 65.6 Å². The van der Waals surface area contributed by atoms with Crippen molar-refractivity contribution in [2.24, 2.45) is 0 Å². The molecule has 0 spiro atoms. The first-order valence-electron chi connectivity index (χ1n) is 10.7. The van der Waals surface area contributed by atoms with Crippen molar-refractivity contribution in [2.45, 2.75) is 17.4 Å². The number of carbonyl (C=O) groups excluding carboxylic acids is 1. The van der Waals surface area contributed by atoms with Crippen molar-refractivity contribution in [3.05, 3.63) is 71.8 Å². The van der Waals surface area contributed by atoms with Crippen molar-refractivity contribution in [3.63, 3.8) is 0 Å². The zero-order valence-corrected chi connectivity index (χ0v) is 18.9. The van der Waals surface area contributed by atoms with Gasteiger partial charge < -0.3 is 19.5 Å². The van der Waals surface area contributed by atoms with E-state index in [0.717, 1.165) is 22.4 Å². The summed E-state index contributed by atoms with van der Waals surface area (Å²) in [6, 6.07) is 17.8. The van der Waals surface area contributed by atoms with Gasteiger partial charge in [0.25, 0.3) is 5.91 Å². The van der Waals surface area contributed by atoms with Gasteiger partial charge in [0, 0.05) is 23.8 Å². The molecule has 2 aliphatic heterocycles. The molecule has 0 radical (unpaired) electrons. The summed E-state index contributed by atoms with van der Waals surface area (Å²) < 4.78 is 40.7. The van der Waals surface area contributed by atoms with Gasteiger partial charge in [0.2, 0.25) is 0 Å². The molecule has 5 rings (SSSR count). The zero-order chi connectivity index (χ0) is 23.0. The van der Waals surface area contributed by atoms with E-state index in [-0.39, 0.29) is 16.9 Å². The third-order valence-electron chi connectivity index (χ3n) is 5.72. The highest BCUT2D eigenvalue weighted by Crippen LogP contribution is 2.39. The van der Waals surface area contributed by atoms with Gasteiger partial charge in [0.1, 0.15) is 25.1 Å². The smallest absolute Gasteiger partial charge is 0.251 e. The number of benzene rings is 3. The number of rotatable bonds is 5. The molecular weight excluding hydrogens is 442 g/mol. The number of hydrogen-bond acceptors (Lipinski definition) is 6. The lowest BCUT2D eigenvalue weighted by molar-refractivity contribution is 0.0932. The van der Waals surface area contributed by atoms with E-state index in [0.29, 0.717) is 43.2 Å². The highest BCUT2D eigenvalue weighted by Gasteiger charge is 2.26. The number of hydrogen-bond donors (Lipinski definition) is 1. The molecular formula is C25H23NO6S. The van der Waals surface area contributed by atoms with Gasteiger partial charge in [-0.1, -0.05) is 30.3 Å². The minimum absolute atomic E-state index is 0.197. The fourth-order valence-corrected chi connectivity index (χ4v) is 4.68. The monoisotopic (exact) mass is 465 g/mol. The molecule has 8 heteroatoms. The fourth-order valence-electron chi connectivity index (χ4n) is 4.05. The van der Waals surface area contributed by atoms with Crippen LogP contribution in [0.2, 0.25) is 0 Å². The maximum Gasteiger partial charge on any atom is 0.251 e. The summed E-state index contributed by atoms with van der Waals surface area (Å²) in [6.45, 7) is 1.32. The molecule has 2 heterocycles. The fraction of sp³-hybridized carbons (Fsp3) is 0.240. The highest BCUT2D eigenvalue weighted by atomic mass is 32.2. The van der Waals surface area contributed by atoms with Crippen LogP contribution < -0.4 is 19.5 Å². The summed E-state index contributed by atoms with van der Waals surface area (Å²) in [6.07, 6.45) is 1.67. The number of carbonyl (C=O) groups is 1. The predicted octanol–water partition coefficient (Wildman–Crippen LogP) is 3.26. The maximum atomic E-state index is 12.6. The second-order valence-electron chi connectivity index (χ2n) is 8.10. The van der Waals surface area contributed by atoms with Gasteiger partial charge in [-0.25, -0.2) is 8.42 Å². The van der Waals surface area contributed by atoms with E-state index < -0.39 is 9.84 Å². The molecule has 0 saturated carbocycles. The Morgan fingerprint density at radius 3 is 2.52 bits per heavy atom. The van der Waals surface area contributed by atoms with Crippen molar-refractivity contribution in [3.8, 4) is 28.4 Å². The number of fused-ring (bicyclic) bond motifs is 2. The Labute approximate surface area is 192 Å². The molecule has 0 saturated heterocycles. The van der Waals surface area contributed by atoms with Crippen molar-refractivity contribution in [1.82, 2.24) is 5.32 Å². The molecule has 0 fully saturated rings. The van der Waals surface area contributed by atoms with Crippen LogP contribution in [0.3, 0.4) is 0 Å². The van der Waals surface area contributed by atoms with E-state index >= 15 is 0 Å². The average Bonchev–Trinajstić information content (AvgIpc) is 3.25. The number of sulfone groups is 1. The van der Waals surface area contributed by atoms with Gasteiger partial charge in [-0.2, -0.15) is 0 Å². The Morgan fingerprint density at radius 2 is 1.76 bits per heavy atom. The first-order valence-corrected chi connectivity index (χ1v) is 12.5. The standard InChI is InChI=1S/C25H23NO6S/c1-33(28,29)20-8-5-16(6-9-20)21-4-2-3-17-13-19(32-24(17)21)15-26-25(27)18-7-10-22-23(14-18)31-12-11-30-22/h2-10,14,19H,11-13,15H2,1H3,(H,26,27)/t19-/m0/s1. The minimum Gasteiger partial charge on any atom is -0.487 e. The average molecular weight is 466 g/mol. The van der Waals surface area contributed by atoms with Crippen molar-refractivity contribution < 1.29 is 27.4 Å². The number of amides is 1. The third-order valence-corrected chi connectivity index (χ3v) is 6.85. The molecule has 0 aromatic heterocycles. The van der Waals surface area contributed by atoms with E-state index in [2.05, 4.69) is 5.32 Å². The van der Waals surface area contributed by atoms with Crippen LogP contribution in [0.1, 0.15) is 15.9 Å². The van der Waals surface area contributed by atoms with Gasteiger partial charge in [-0.15, -0.1) is 0 Å². The van der Waals surface area contributed by atoms with E-state index in [1.807, 2.05) is 18.2 Å². The number of nitrogens with one attached hydrogen (secondary N) is 1. The molecule has 0 unspecified atom stereocenters. The molecule has 7 nitrogen and oxygen atoms in total. The van der Waals surface area contributed by atoms with Crippen molar-refractivity contribution >= 4 is 15.7 Å². The first kappa shape index (κ1) is 21.3. The number of ether oxygens (including phenoxy) is 3. The van der Waals surface area contributed by atoms with Crippen LogP contribution in [0.5, 0.6) is 17.2 Å². The van der Waals surface area contributed by atoms with Crippen LogP contribution >= 0.6 is 0 Å².